The first-order valence-electron chi connectivity index (χ1n) is 5.10. The molecule has 0 spiro atoms. The summed E-state index contributed by atoms with van der Waals surface area (Å²) in [6.07, 6.45) is 1.55. The number of hydrogen-bond donors (Lipinski definition) is 0. The number of rotatable bonds is 3. The molecule has 0 amide bonds. The Morgan fingerprint density at radius 3 is 2.83 bits per heavy atom. The van der Waals surface area contributed by atoms with Crippen LogP contribution in [-0.4, -0.2) is 14.7 Å². The molecule has 0 aliphatic rings. The van der Waals surface area contributed by atoms with Crippen LogP contribution in [0.15, 0.2) is 24.4 Å². The number of aryl methyl sites for hydroxylation is 1. The number of nitrogens with zero attached hydrogens (tertiary/aromatic N) is 3. The smallest absolute Gasteiger partial charge is 0.266 e. The van der Waals surface area contributed by atoms with E-state index in [-0.39, 0.29) is 12.1 Å². The zero-order valence-corrected chi connectivity index (χ0v) is 10.2. The lowest BCUT2D eigenvalue weighted by Gasteiger charge is -2.03. The van der Waals surface area contributed by atoms with Crippen LogP contribution in [0, 0.1) is 22.9 Å². The van der Waals surface area contributed by atoms with Crippen molar-refractivity contribution in [3.05, 3.63) is 56.6 Å². The Morgan fingerprint density at radius 2 is 2.28 bits per heavy atom. The predicted octanol–water partition coefficient (Wildman–Crippen LogP) is 2.94. The van der Waals surface area contributed by atoms with Crippen LogP contribution in [0.25, 0.3) is 0 Å². The number of nitro groups is 1. The van der Waals surface area contributed by atoms with Crippen molar-refractivity contribution in [2.75, 3.05) is 0 Å². The largest absolute Gasteiger partial charge is 0.305 e. The second-order valence-corrected chi connectivity index (χ2v) is 4.17. The second-order valence-electron chi connectivity index (χ2n) is 3.77. The SMILES string of the molecule is Cc1nn(Cc2cccc([N+](=O)[O-])c2F)cc1Cl. The van der Waals surface area contributed by atoms with Crippen LogP contribution in [0.3, 0.4) is 0 Å². The lowest BCUT2D eigenvalue weighted by atomic mass is 10.2. The van der Waals surface area contributed by atoms with Gasteiger partial charge in [0, 0.05) is 17.8 Å². The molecule has 18 heavy (non-hydrogen) atoms. The molecule has 7 heteroatoms. The minimum atomic E-state index is -0.841. The molecule has 5 nitrogen and oxygen atoms in total. The fourth-order valence-corrected chi connectivity index (χ4v) is 1.73. The van der Waals surface area contributed by atoms with Crippen LogP contribution in [0.4, 0.5) is 10.1 Å². The van der Waals surface area contributed by atoms with E-state index in [2.05, 4.69) is 5.10 Å². The minimum absolute atomic E-state index is 0.0983. The van der Waals surface area contributed by atoms with E-state index in [0.717, 1.165) is 6.07 Å². The van der Waals surface area contributed by atoms with Crippen LogP contribution < -0.4 is 0 Å². The summed E-state index contributed by atoms with van der Waals surface area (Å²) in [6, 6.07) is 4.04. The van der Waals surface area contributed by atoms with Crippen LogP contribution in [0.1, 0.15) is 11.3 Å². The van der Waals surface area contributed by atoms with Crippen LogP contribution >= 0.6 is 11.6 Å². The van der Waals surface area contributed by atoms with E-state index in [0.29, 0.717) is 10.7 Å². The molecule has 1 aromatic heterocycles. The average molecular weight is 270 g/mol. The van der Waals surface area contributed by atoms with Crippen LogP contribution in [0.2, 0.25) is 5.02 Å². The molecule has 0 saturated carbocycles. The summed E-state index contributed by atoms with van der Waals surface area (Å²) in [7, 11) is 0. The highest BCUT2D eigenvalue weighted by Crippen LogP contribution is 2.21. The summed E-state index contributed by atoms with van der Waals surface area (Å²) < 4.78 is 15.2. The van der Waals surface area contributed by atoms with Crippen molar-refractivity contribution in [2.45, 2.75) is 13.5 Å². The van der Waals surface area contributed by atoms with E-state index in [1.165, 1.54) is 16.8 Å². The van der Waals surface area contributed by atoms with E-state index in [1.54, 1.807) is 13.1 Å². The molecule has 0 radical (unpaired) electrons. The van der Waals surface area contributed by atoms with Gasteiger partial charge in [-0.2, -0.15) is 9.49 Å². The maximum absolute atomic E-state index is 13.8. The van der Waals surface area contributed by atoms with Gasteiger partial charge in [-0.05, 0) is 6.92 Å². The quantitative estimate of drug-likeness (QED) is 0.636. The molecule has 0 aliphatic heterocycles. The van der Waals surface area contributed by atoms with Crippen LogP contribution in [-0.2, 0) is 6.54 Å². The van der Waals surface area contributed by atoms with Gasteiger partial charge >= 0.3 is 5.69 Å². The molecule has 0 atom stereocenters. The molecule has 94 valence electrons. The van der Waals surface area contributed by atoms with Crippen molar-refractivity contribution in [1.29, 1.82) is 0 Å². The van der Waals surface area contributed by atoms with E-state index < -0.39 is 16.4 Å². The standard InChI is InChI=1S/C11H9ClFN3O2/c1-7-9(12)6-15(14-7)5-8-3-2-4-10(11(8)13)16(17)18/h2-4,6H,5H2,1H3. The lowest BCUT2D eigenvalue weighted by molar-refractivity contribution is -0.387. The first-order chi connectivity index (χ1) is 8.49. The zero-order valence-electron chi connectivity index (χ0n) is 9.43. The van der Waals surface area contributed by atoms with E-state index in [1.807, 2.05) is 0 Å². The maximum atomic E-state index is 13.8. The molecule has 2 rings (SSSR count). The van der Waals surface area contributed by atoms with Crippen molar-refractivity contribution in [1.82, 2.24) is 9.78 Å². The highest BCUT2D eigenvalue weighted by Gasteiger charge is 2.17. The number of benzene rings is 1. The fraction of sp³-hybridized carbons (Fsp3) is 0.182. The fourth-order valence-electron chi connectivity index (χ4n) is 1.58. The van der Waals surface area contributed by atoms with Gasteiger partial charge in [-0.1, -0.05) is 23.7 Å². The Bertz CT molecular complexity index is 593. The first-order valence-corrected chi connectivity index (χ1v) is 5.48. The highest BCUT2D eigenvalue weighted by molar-refractivity contribution is 6.31. The highest BCUT2D eigenvalue weighted by atomic mass is 35.5. The molecule has 0 N–H and O–H groups in total. The van der Waals surface area contributed by atoms with Crippen molar-refractivity contribution in [2.24, 2.45) is 0 Å². The second kappa shape index (κ2) is 4.73. The Hall–Kier alpha value is -1.95. The van der Waals surface area contributed by atoms with Gasteiger partial charge in [0.1, 0.15) is 0 Å². The number of aromatic nitrogens is 2. The number of halogens is 2. The average Bonchev–Trinajstić information content (AvgIpc) is 2.60. The summed E-state index contributed by atoms with van der Waals surface area (Å²) in [5.41, 5.74) is 0.286. The van der Waals surface area contributed by atoms with Gasteiger partial charge in [0.2, 0.25) is 5.82 Å². The molecule has 2 aromatic rings. The summed E-state index contributed by atoms with van der Waals surface area (Å²) in [5, 5.41) is 15.1. The first kappa shape index (κ1) is 12.5. The lowest BCUT2D eigenvalue weighted by Crippen LogP contribution is -2.04. The third-order valence-corrected chi connectivity index (χ3v) is 2.84. The summed E-state index contributed by atoms with van der Waals surface area (Å²) in [6.45, 7) is 1.82. The Kier molecular flexibility index (Phi) is 3.29. The van der Waals surface area contributed by atoms with Gasteiger partial charge < -0.3 is 0 Å². The normalized spacial score (nSPS) is 10.6. The zero-order chi connectivity index (χ0) is 13.3. The van der Waals surface area contributed by atoms with Crippen LogP contribution in [0.5, 0.6) is 0 Å². The summed E-state index contributed by atoms with van der Waals surface area (Å²) in [5.74, 6) is -0.841. The Balaban J connectivity index is 2.35. The molecule has 1 heterocycles. The van der Waals surface area contributed by atoms with Gasteiger partial charge in [-0.25, -0.2) is 0 Å². The molecule has 0 aliphatic carbocycles. The number of hydrogen-bond acceptors (Lipinski definition) is 3. The van der Waals surface area contributed by atoms with E-state index in [4.69, 9.17) is 11.6 Å². The molecule has 0 saturated heterocycles. The molecule has 0 unspecified atom stereocenters. The van der Waals surface area contributed by atoms with Crippen molar-refractivity contribution >= 4 is 17.3 Å². The monoisotopic (exact) mass is 269 g/mol. The van der Waals surface area contributed by atoms with Gasteiger partial charge in [0.15, 0.2) is 0 Å². The predicted molar refractivity (Wildman–Crippen MR) is 64.1 cm³/mol. The van der Waals surface area contributed by atoms with E-state index >= 15 is 0 Å². The summed E-state index contributed by atoms with van der Waals surface area (Å²) >= 11 is 5.83. The number of nitro benzene ring substituents is 1. The molecule has 0 fully saturated rings. The van der Waals surface area contributed by atoms with Crippen molar-refractivity contribution in [3.8, 4) is 0 Å². The van der Waals surface area contributed by atoms with Gasteiger partial charge in [-0.15, -0.1) is 0 Å². The van der Waals surface area contributed by atoms with E-state index in [9.17, 15) is 14.5 Å². The Labute approximate surface area is 107 Å². The molecular formula is C11H9ClFN3O2. The summed E-state index contributed by atoms with van der Waals surface area (Å²) in [4.78, 5) is 9.86. The minimum Gasteiger partial charge on any atom is -0.266 e. The van der Waals surface area contributed by atoms with Crippen molar-refractivity contribution < 1.29 is 9.31 Å². The molecule has 0 bridgehead atoms. The topological polar surface area (TPSA) is 61.0 Å². The third kappa shape index (κ3) is 2.33. The van der Waals surface area contributed by atoms with Gasteiger partial charge in [0.25, 0.3) is 0 Å². The molecule has 1 aromatic carbocycles. The van der Waals surface area contributed by atoms with Crippen molar-refractivity contribution in [3.63, 3.8) is 0 Å². The maximum Gasteiger partial charge on any atom is 0.305 e. The third-order valence-electron chi connectivity index (χ3n) is 2.47. The Morgan fingerprint density at radius 1 is 1.56 bits per heavy atom. The van der Waals surface area contributed by atoms with Gasteiger partial charge in [-0.3, -0.25) is 14.8 Å². The van der Waals surface area contributed by atoms with Gasteiger partial charge in [0.05, 0.1) is 22.2 Å². The molecular weight excluding hydrogens is 261 g/mol.